The molecule has 3 amide bonds. The molecule has 3 aliphatic rings. The maximum Gasteiger partial charge on any atom is 0.407 e. The van der Waals surface area contributed by atoms with Crippen molar-refractivity contribution in [3.63, 3.8) is 0 Å². The summed E-state index contributed by atoms with van der Waals surface area (Å²) >= 11 is 0. The molecule has 0 spiro atoms. The molecule has 17 nitrogen and oxygen atoms in total. The van der Waals surface area contributed by atoms with E-state index in [4.69, 9.17) is 29.6 Å². The summed E-state index contributed by atoms with van der Waals surface area (Å²) in [5.41, 5.74) is 4.05. The van der Waals surface area contributed by atoms with E-state index in [1.165, 1.54) is 0 Å². The smallest absolute Gasteiger partial charge is 0.407 e. The quantitative estimate of drug-likeness (QED) is 0.0809. The summed E-state index contributed by atoms with van der Waals surface area (Å²) < 4.78 is 20.8. The Labute approximate surface area is 363 Å². The minimum Gasteiger partial charge on any atom is -0.481 e. The number of nitrogens with two attached hydrogens (primary N) is 1. The molecule has 0 radical (unpaired) electrons. The number of aliphatic imine (C=N–C) groups is 1. The van der Waals surface area contributed by atoms with Crippen molar-refractivity contribution < 1.29 is 47.8 Å². The molecule has 17 heteroatoms. The number of carboxylic acids is 1. The highest BCUT2D eigenvalue weighted by Gasteiger charge is 2.29. The average Bonchev–Trinajstić information content (AvgIpc) is 3.59. The number of hydrogen-bond acceptors (Lipinski definition) is 12. The number of carboxylic acid groups (broad SMARTS) is 1. The molecule has 0 unspecified atom stereocenters. The van der Waals surface area contributed by atoms with Crippen LogP contribution in [0.3, 0.4) is 0 Å². The van der Waals surface area contributed by atoms with E-state index in [-0.39, 0.29) is 36.4 Å². The van der Waals surface area contributed by atoms with Crippen LogP contribution in [0.15, 0.2) is 9.52 Å². The van der Waals surface area contributed by atoms with E-state index in [0.29, 0.717) is 67.8 Å². The van der Waals surface area contributed by atoms with Crippen LogP contribution in [0.1, 0.15) is 164 Å². The van der Waals surface area contributed by atoms with E-state index in [9.17, 15) is 24.0 Å². The second-order valence-corrected chi connectivity index (χ2v) is 19.7. The predicted octanol–water partition coefficient (Wildman–Crippen LogP) is 7.84. The van der Waals surface area contributed by atoms with Crippen molar-refractivity contribution in [2.24, 2.45) is 40.3 Å². The number of aliphatic carboxylic acids is 1. The Morgan fingerprint density at radius 3 is 1.33 bits per heavy atom. The average molecular weight is 864 g/mol. The molecule has 3 saturated carbocycles. The zero-order chi connectivity index (χ0) is 46.0. The lowest BCUT2D eigenvalue weighted by Gasteiger charge is -2.28. The molecule has 0 bridgehead atoms. The number of alkyl carbamates (subject to hydrolysis) is 3. The summed E-state index contributed by atoms with van der Waals surface area (Å²) in [5.74, 6) is 2.89. The van der Waals surface area contributed by atoms with Gasteiger partial charge in [-0.3, -0.25) is 14.6 Å². The van der Waals surface area contributed by atoms with Crippen LogP contribution in [0, 0.1) is 36.5 Å². The molecule has 0 saturated heterocycles. The molecule has 1 aromatic rings. The second kappa shape index (κ2) is 24.9. The summed E-state index contributed by atoms with van der Waals surface area (Å²) in [6, 6.07) is 0. The third-order valence-electron chi connectivity index (χ3n) is 10.5. The number of ketones is 1. The molecule has 6 N–H and O–H groups in total. The van der Waals surface area contributed by atoms with Crippen molar-refractivity contribution in [1.29, 1.82) is 0 Å². The second-order valence-electron chi connectivity index (χ2n) is 19.7. The van der Waals surface area contributed by atoms with Gasteiger partial charge in [0.2, 0.25) is 5.89 Å². The van der Waals surface area contributed by atoms with E-state index in [0.717, 1.165) is 70.1 Å². The first kappa shape index (κ1) is 52.7. The van der Waals surface area contributed by atoms with Crippen molar-refractivity contribution in [3.05, 3.63) is 11.7 Å². The number of amidine groups is 1. The lowest BCUT2D eigenvalue weighted by atomic mass is 9.80. The van der Waals surface area contributed by atoms with Gasteiger partial charge in [0.25, 0.3) is 0 Å². The fourth-order valence-corrected chi connectivity index (χ4v) is 7.35. The van der Waals surface area contributed by atoms with Gasteiger partial charge in [0, 0.05) is 31.5 Å². The summed E-state index contributed by atoms with van der Waals surface area (Å²) in [6.45, 7) is 22.2. The highest BCUT2D eigenvalue weighted by molar-refractivity contribution is 5.86. The van der Waals surface area contributed by atoms with Gasteiger partial charge in [-0.2, -0.15) is 4.98 Å². The first-order valence-electron chi connectivity index (χ1n) is 22.0. The zero-order valence-electron chi connectivity index (χ0n) is 38.8. The van der Waals surface area contributed by atoms with Gasteiger partial charge >= 0.3 is 24.2 Å². The van der Waals surface area contributed by atoms with Crippen molar-refractivity contribution in [2.75, 3.05) is 26.2 Å². The monoisotopic (exact) mass is 864 g/mol. The minimum atomic E-state index is -0.700. The van der Waals surface area contributed by atoms with Crippen LogP contribution >= 0.6 is 0 Å². The van der Waals surface area contributed by atoms with Crippen LogP contribution in [-0.2, 0) is 23.8 Å². The van der Waals surface area contributed by atoms with Gasteiger partial charge < -0.3 is 45.5 Å². The van der Waals surface area contributed by atoms with Crippen LogP contribution in [0.4, 0.5) is 14.4 Å². The van der Waals surface area contributed by atoms with Crippen LogP contribution in [0.2, 0.25) is 0 Å². The van der Waals surface area contributed by atoms with Crippen molar-refractivity contribution >= 4 is 35.9 Å². The lowest BCUT2D eigenvalue weighted by Crippen LogP contribution is -2.36. The third-order valence-corrected chi connectivity index (χ3v) is 10.5. The van der Waals surface area contributed by atoms with E-state index in [1.54, 1.807) is 6.92 Å². The van der Waals surface area contributed by atoms with Gasteiger partial charge in [0.1, 0.15) is 16.8 Å². The Morgan fingerprint density at radius 2 is 1.02 bits per heavy atom. The van der Waals surface area contributed by atoms with Crippen molar-refractivity contribution in [1.82, 2.24) is 26.1 Å². The molecule has 0 atom stereocenters. The summed E-state index contributed by atoms with van der Waals surface area (Å²) in [5, 5.41) is 21.1. The standard InChI is InChI=1S/C16H29N3O3.C15H25N3O3.C13H23NO4/c1-11(17)18-10-14(20)13-7-5-12(6-8-13)9-19-15(21)22-16(2,3)4;1-10-17-13(21-18-10)12-7-5-11(6-8-12)9-16-14(19)20-15(2,3)4;1-13(2,3)18-12(17)14-8-9-4-6-10(7-5-9)11(15)16/h12-13H,5-10H2,1-4H3,(H2,17,18)(H,19,21);11-12H,5-9H2,1-4H3,(H,16,19);9-10H,4-8H2,1-3H3,(H,14,17)(H,15,16). The van der Waals surface area contributed by atoms with Gasteiger partial charge in [-0.05, 0) is 171 Å². The lowest BCUT2D eigenvalue weighted by molar-refractivity contribution is -0.143. The predicted molar refractivity (Wildman–Crippen MR) is 232 cm³/mol. The van der Waals surface area contributed by atoms with Crippen LogP contribution < -0.4 is 21.7 Å². The highest BCUT2D eigenvalue weighted by atomic mass is 16.6. The molecular formula is C44H77N7O10. The molecule has 1 aromatic heterocycles. The summed E-state index contributed by atoms with van der Waals surface area (Å²) in [6.07, 6.45) is 9.78. The minimum absolute atomic E-state index is 0.0841. The number of nitrogens with zero attached hydrogens (tertiary/aromatic N) is 3. The Bertz CT molecular complexity index is 1550. The molecular weight excluding hydrogens is 787 g/mol. The van der Waals surface area contributed by atoms with Gasteiger partial charge in [-0.25, -0.2) is 14.4 Å². The fourth-order valence-electron chi connectivity index (χ4n) is 7.35. The maximum atomic E-state index is 12.0. The normalized spacial score (nSPS) is 23.4. The third kappa shape index (κ3) is 24.0. The van der Waals surface area contributed by atoms with Gasteiger partial charge in [-0.15, -0.1) is 0 Å². The number of Topliss-reactive ketones (excluding diaryl/α,β-unsaturated/α-hetero) is 1. The number of carbonyl (C=O) groups excluding carboxylic acids is 4. The van der Waals surface area contributed by atoms with Gasteiger partial charge in [0.15, 0.2) is 11.6 Å². The molecule has 0 aromatic carbocycles. The molecule has 3 fully saturated rings. The topological polar surface area (TPSA) is 247 Å². The summed E-state index contributed by atoms with van der Waals surface area (Å²) in [4.78, 5) is 65.7. The molecule has 348 valence electrons. The number of aryl methyl sites for hydroxylation is 1. The van der Waals surface area contributed by atoms with E-state index < -0.39 is 28.9 Å². The molecule has 3 aliphatic carbocycles. The maximum absolute atomic E-state index is 12.0. The number of aromatic nitrogens is 2. The van der Waals surface area contributed by atoms with E-state index >= 15 is 0 Å². The number of ether oxygens (including phenoxy) is 3. The molecule has 61 heavy (non-hydrogen) atoms. The number of nitrogens with one attached hydrogen (secondary N) is 3. The Morgan fingerprint density at radius 1 is 0.656 bits per heavy atom. The van der Waals surface area contributed by atoms with Crippen molar-refractivity contribution in [3.8, 4) is 0 Å². The Balaban J connectivity index is 0.000000317. The van der Waals surface area contributed by atoms with Crippen LogP contribution in [0.25, 0.3) is 0 Å². The van der Waals surface area contributed by atoms with Crippen LogP contribution in [-0.4, -0.2) is 94.1 Å². The van der Waals surface area contributed by atoms with Gasteiger partial charge in [-0.1, -0.05) is 5.16 Å². The molecule has 1 heterocycles. The number of rotatable bonds is 11. The molecule has 4 rings (SSSR count). The number of hydrogen-bond donors (Lipinski definition) is 5. The van der Waals surface area contributed by atoms with Crippen molar-refractivity contribution in [2.45, 2.75) is 176 Å². The number of amides is 3. The Kier molecular flexibility index (Phi) is 21.5. The number of carbonyl (C=O) groups is 5. The summed E-state index contributed by atoms with van der Waals surface area (Å²) in [7, 11) is 0. The fraction of sp³-hybridized carbons (Fsp3) is 0.818. The SMILES string of the molecule is CC(C)(C)OC(=O)NCC1CCC(C(=O)O)CC1.CC(N)=NCC(=O)C1CCC(CNC(=O)OC(C)(C)C)CC1.Cc1noc(C2CCC(CNC(=O)OC(C)(C)C)CC2)n1. The Hall–Kier alpha value is -4.44. The van der Waals surface area contributed by atoms with E-state index in [2.05, 4.69) is 31.1 Å². The molecule has 0 aliphatic heterocycles. The van der Waals surface area contributed by atoms with Crippen LogP contribution in [0.5, 0.6) is 0 Å². The largest absolute Gasteiger partial charge is 0.481 e. The highest BCUT2D eigenvalue weighted by Crippen LogP contribution is 2.35. The first-order valence-corrected chi connectivity index (χ1v) is 22.0. The van der Waals surface area contributed by atoms with Gasteiger partial charge in [0.05, 0.1) is 18.3 Å². The first-order chi connectivity index (χ1) is 28.3. The zero-order valence-corrected chi connectivity index (χ0v) is 38.8. The van der Waals surface area contributed by atoms with E-state index in [1.807, 2.05) is 69.2 Å².